The Hall–Kier alpha value is -1.67. The minimum Gasteiger partial charge on any atom is -0.378 e. The monoisotopic (exact) mass is 369 g/mol. The Kier molecular flexibility index (Phi) is 7.40. The summed E-state index contributed by atoms with van der Waals surface area (Å²) in [7, 11) is 0. The number of rotatable bonds is 6. The molecule has 0 bridgehead atoms. The number of hydrogen-bond acceptors (Lipinski definition) is 5. The van der Waals surface area contributed by atoms with E-state index in [0.29, 0.717) is 38.6 Å². The van der Waals surface area contributed by atoms with Crippen LogP contribution in [0.25, 0.3) is 0 Å². The standard InChI is InChI=1S/C18H31N3O5/c1-11(2)12(3)9-14(19-18(24)21-5-7-25-8-6-21)17(23)20-16-13(4)26-10-15(16)22/h11-14,16H,5-10H2,1-4H3,(H,19,24)(H,20,23)/t12?,13-,14?,16-/m0/s1. The van der Waals surface area contributed by atoms with Gasteiger partial charge in [0.05, 0.1) is 19.3 Å². The molecule has 148 valence electrons. The molecular formula is C18H31N3O5. The minimum atomic E-state index is -0.691. The van der Waals surface area contributed by atoms with Gasteiger partial charge in [-0.25, -0.2) is 4.79 Å². The van der Waals surface area contributed by atoms with Gasteiger partial charge >= 0.3 is 6.03 Å². The molecule has 0 aromatic heterocycles. The van der Waals surface area contributed by atoms with Crippen LogP contribution in [-0.4, -0.2) is 73.7 Å². The van der Waals surface area contributed by atoms with E-state index in [-0.39, 0.29) is 36.4 Å². The van der Waals surface area contributed by atoms with Gasteiger partial charge in [-0.1, -0.05) is 20.8 Å². The molecule has 8 nitrogen and oxygen atoms in total. The average molecular weight is 369 g/mol. The predicted molar refractivity (Wildman–Crippen MR) is 95.7 cm³/mol. The van der Waals surface area contributed by atoms with Gasteiger partial charge in [0.25, 0.3) is 0 Å². The second-order valence-corrected chi connectivity index (χ2v) is 7.53. The summed E-state index contributed by atoms with van der Waals surface area (Å²) in [6, 6.07) is -1.62. The maximum absolute atomic E-state index is 12.8. The molecule has 26 heavy (non-hydrogen) atoms. The zero-order valence-corrected chi connectivity index (χ0v) is 16.1. The molecule has 2 heterocycles. The van der Waals surface area contributed by atoms with Crippen molar-refractivity contribution in [1.29, 1.82) is 0 Å². The lowest BCUT2D eigenvalue weighted by Crippen LogP contribution is -2.56. The Bertz CT molecular complexity index is 519. The van der Waals surface area contributed by atoms with Gasteiger partial charge in [-0.15, -0.1) is 0 Å². The smallest absolute Gasteiger partial charge is 0.318 e. The second kappa shape index (κ2) is 9.32. The van der Waals surface area contributed by atoms with Crippen molar-refractivity contribution in [2.24, 2.45) is 11.8 Å². The van der Waals surface area contributed by atoms with Gasteiger partial charge in [0, 0.05) is 13.1 Å². The molecule has 0 aromatic carbocycles. The first-order valence-electron chi connectivity index (χ1n) is 9.37. The number of amides is 3. The summed E-state index contributed by atoms with van der Waals surface area (Å²) in [6.07, 6.45) is 0.153. The van der Waals surface area contributed by atoms with Gasteiger partial charge in [0.1, 0.15) is 18.7 Å². The number of morpholine rings is 1. The number of urea groups is 1. The van der Waals surface area contributed by atoms with Crippen molar-refractivity contribution in [2.45, 2.75) is 52.3 Å². The molecule has 2 aliphatic rings. The summed E-state index contributed by atoms with van der Waals surface area (Å²) in [5, 5.41) is 5.60. The summed E-state index contributed by atoms with van der Waals surface area (Å²) < 4.78 is 10.5. The van der Waals surface area contributed by atoms with Gasteiger partial charge in [0.15, 0.2) is 5.78 Å². The molecule has 2 unspecified atom stereocenters. The van der Waals surface area contributed by atoms with Crippen LogP contribution in [0.15, 0.2) is 0 Å². The molecular weight excluding hydrogens is 338 g/mol. The van der Waals surface area contributed by atoms with E-state index in [1.54, 1.807) is 11.8 Å². The normalized spacial score (nSPS) is 25.9. The van der Waals surface area contributed by atoms with Crippen LogP contribution < -0.4 is 10.6 Å². The number of hydrogen-bond donors (Lipinski definition) is 2. The van der Waals surface area contributed by atoms with Gasteiger partial charge in [-0.05, 0) is 25.2 Å². The molecule has 2 N–H and O–H groups in total. The Labute approximate surface area is 155 Å². The van der Waals surface area contributed by atoms with E-state index in [4.69, 9.17) is 9.47 Å². The SMILES string of the molecule is CC(C)C(C)CC(NC(=O)N1CCOCC1)C(=O)N[C@@H]1C(=O)CO[C@H]1C. The van der Waals surface area contributed by atoms with Crippen LogP contribution in [0.3, 0.4) is 0 Å². The number of carbonyl (C=O) groups is 3. The van der Waals surface area contributed by atoms with Crippen LogP contribution in [0, 0.1) is 11.8 Å². The topological polar surface area (TPSA) is 97.0 Å². The molecule has 0 aliphatic carbocycles. The first kappa shape index (κ1) is 20.6. The maximum atomic E-state index is 12.8. The molecule has 8 heteroatoms. The summed E-state index contributed by atoms with van der Waals surface area (Å²) in [5.41, 5.74) is 0. The Morgan fingerprint density at radius 2 is 1.88 bits per heavy atom. The summed E-state index contributed by atoms with van der Waals surface area (Å²) in [6.45, 7) is 10.00. The zero-order valence-electron chi connectivity index (χ0n) is 16.1. The van der Waals surface area contributed by atoms with Crippen LogP contribution in [0.5, 0.6) is 0 Å². The van der Waals surface area contributed by atoms with E-state index >= 15 is 0 Å². The maximum Gasteiger partial charge on any atom is 0.318 e. The van der Waals surface area contributed by atoms with Crippen LogP contribution >= 0.6 is 0 Å². The molecule has 0 radical (unpaired) electrons. The third-order valence-electron chi connectivity index (χ3n) is 5.26. The number of Topliss-reactive ketones (excluding diaryl/α,β-unsaturated/α-hetero) is 1. The van der Waals surface area contributed by atoms with Crippen molar-refractivity contribution in [3.63, 3.8) is 0 Å². The van der Waals surface area contributed by atoms with E-state index in [2.05, 4.69) is 31.4 Å². The molecule has 0 spiro atoms. The first-order valence-corrected chi connectivity index (χ1v) is 9.37. The van der Waals surface area contributed by atoms with Crippen molar-refractivity contribution in [3.05, 3.63) is 0 Å². The largest absolute Gasteiger partial charge is 0.378 e. The highest BCUT2D eigenvalue weighted by Gasteiger charge is 2.36. The minimum absolute atomic E-state index is 0.0132. The zero-order chi connectivity index (χ0) is 19.3. The molecule has 2 saturated heterocycles. The molecule has 2 rings (SSSR count). The number of ketones is 1. The van der Waals surface area contributed by atoms with Crippen LogP contribution in [-0.2, 0) is 19.1 Å². The van der Waals surface area contributed by atoms with Crippen LogP contribution in [0.4, 0.5) is 4.79 Å². The van der Waals surface area contributed by atoms with E-state index in [0.717, 1.165) is 0 Å². The lowest BCUT2D eigenvalue weighted by atomic mass is 9.90. The quantitative estimate of drug-likeness (QED) is 0.713. The van der Waals surface area contributed by atoms with E-state index < -0.39 is 12.1 Å². The molecule has 2 fully saturated rings. The molecule has 0 saturated carbocycles. The van der Waals surface area contributed by atoms with Gasteiger partial charge in [-0.2, -0.15) is 0 Å². The summed E-state index contributed by atoms with van der Waals surface area (Å²) >= 11 is 0. The third kappa shape index (κ3) is 5.41. The highest BCUT2D eigenvalue weighted by atomic mass is 16.5. The Morgan fingerprint density at radius 1 is 1.23 bits per heavy atom. The van der Waals surface area contributed by atoms with Crippen molar-refractivity contribution in [1.82, 2.24) is 15.5 Å². The predicted octanol–water partition coefficient (Wildman–Crippen LogP) is 0.552. The van der Waals surface area contributed by atoms with Crippen LogP contribution in [0.2, 0.25) is 0 Å². The summed E-state index contributed by atoms with van der Waals surface area (Å²) in [5.74, 6) is 0.139. The Balaban J connectivity index is 2.02. The van der Waals surface area contributed by atoms with Crippen molar-refractivity contribution in [2.75, 3.05) is 32.9 Å². The number of ether oxygens (including phenoxy) is 2. The molecule has 3 amide bonds. The van der Waals surface area contributed by atoms with Crippen molar-refractivity contribution in [3.8, 4) is 0 Å². The van der Waals surface area contributed by atoms with E-state index in [9.17, 15) is 14.4 Å². The van der Waals surface area contributed by atoms with Crippen LogP contribution in [0.1, 0.15) is 34.1 Å². The lowest BCUT2D eigenvalue weighted by Gasteiger charge is -2.30. The number of nitrogens with one attached hydrogen (secondary N) is 2. The van der Waals surface area contributed by atoms with Gasteiger partial charge in [0.2, 0.25) is 5.91 Å². The van der Waals surface area contributed by atoms with E-state index in [1.165, 1.54) is 0 Å². The summed E-state index contributed by atoms with van der Waals surface area (Å²) in [4.78, 5) is 38.9. The number of nitrogens with zero attached hydrogens (tertiary/aromatic N) is 1. The van der Waals surface area contributed by atoms with E-state index in [1.807, 2.05) is 0 Å². The first-order chi connectivity index (χ1) is 12.3. The molecule has 0 aromatic rings. The fraction of sp³-hybridized carbons (Fsp3) is 0.833. The number of carbonyl (C=O) groups excluding carboxylic acids is 3. The molecule has 2 aliphatic heterocycles. The second-order valence-electron chi connectivity index (χ2n) is 7.53. The lowest BCUT2D eigenvalue weighted by molar-refractivity contribution is -0.127. The van der Waals surface area contributed by atoms with Gasteiger partial charge in [-0.3, -0.25) is 9.59 Å². The highest BCUT2D eigenvalue weighted by Crippen LogP contribution is 2.17. The van der Waals surface area contributed by atoms with Crippen molar-refractivity contribution >= 4 is 17.7 Å². The fourth-order valence-corrected chi connectivity index (χ4v) is 3.00. The average Bonchev–Trinajstić information content (AvgIpc) is 2.93. The Morgan fingerprint density at radius 3 is 2.42 bits per heavy atom. The van der Waals surface area contributed by atoms with Gasteiger partial charge < -0.3 is 25.0 Å². The highest BCUT2D eigenvalue weighted by molar-refractivity contribution is 5.94. The van der Waals surface area contributed by atoms with Crippen molar-refractivity contribution < 1.29 is 23.9 Å². The fourth-order valence-electron chi connectivity index (χ4n) is 3.00. The molecule has 4 atom stereocenters. The third-order valence-corrected chi connectivity index (χ3v) is 5.26.